The summed E-state index contributed by atoms with van der Waals surface area (Å²) in [7, 11) is 0. The van der Waals surface area contributed by atoms with Crippen LogP contribution in [0.25, 0.3) is 11.1 Å². The molecule has 2 amide bonds. The van der Waals surface area contributed by atoms with Crippen molar-refractivity contribution in [3.8, 4) is 11.1 Å². The summed E-state index contributed by atoms with van der Waals surface area (Å²) in [6.45, 7) is 0. The Kier molecular flexibility index (Phi) is 4.61. The lowest BCUT2D eigenvalue weighted by molar-refractivity contribution is 0.0999. The molecule has 0 fully saturated rings. The van der Waals surface area contributed by atoms with Gasteiger partial charge in [0.15, 0.2) is 0 Å². The lowest BCUT2D eigenvalue weighted by atomic mass is 9.88. The van der Waals surface area contributed by atoms with E-state index >= 15 is 0 Å². The monoisotopic (exact) mass is 330 g/mol. The molecule has 124 valence electrons. The van der Waals surface area contributed by atoms with E-state index in [2.05, 4.69) is 0 Å². The lowest BCUT2D eigenvalue weighted by Crippen LogP contribution is -2.18. The number of carbonyl (C=O) groups is 2. The highest BCUT2D eigenvalue weighted by Crippen LogP contribution is 2.31. The van der Waals surface area contributed by atoms with Crippen molar-refractivity contribution in [2.24, 2.45) is 11.5 Å². The summed E-state index contributed by atoms with van der Waals surface area (Å²) >= 11 is 0. The van der Waals surface area contributed by atoms with Crippen LogP contribution in [0.3, 0.4) is 0 Å². The molecule has 3 aromatic rings. The number of hydrogen-bond acceptors (Lipinski definition) is 2. The Morgan fingerprint density at radius 3 is 1.84 bits per heavy atom. The lowest BCUT2D eigenvalue weighted by Gasteiger charge is -2.15. The molecule has 4 heteroatoms. The Bertz CT molecular complexity index is 901. The van der Waals surface area contributed by atoms with Gasteiger partial charge in [0.1, 0.15) is 0 Å². The van der Waals surface area contributed by atoms with Crippen molar-refractivity contribution in [3.63, 3.8) is 0 Å². The van der Waals surface area contributed by atoms with Gasteiger partial charge in [0.25, 0.3) is 0 Å². The van der Waals surface area contributed by atoms with Crippen molar-refractivity contribution >= 4 is 11.8 Å². The zero-order valence-electron chi connectivity index (χ0n) is 13.6. The van der Waals surface area contributed by atoms with Crippen LogP contribution in [0, 0.1) is 0 Å². The fourth-order valence-corrected chi connectivity index (χ4v) is 2.99. The summed E-state index contributed by atoms with van der Waals surface area (Å²) < 4.78 is 0. The van der Waals surface area contributed by atoms with Gasteiger partial charge in [-0.25, -0.2) is 0 Å². The first-order valence-electron chi connectivity index (χ1n) is 7.92. The van der Waals surface area contributed by atoms with Gasteiger partial charge in [-0.1, -0.05) is 60.7 Å². The Morgan fingerprint density at radius 2 is 1.24 bits per heavy atom. The molecule has 0 unspecified atom stereocenters. The fraction of sp³-hybridized carbons (Fsp3) is 0.0476. The molecule has 0 heterocycles. The zero-order chi connectivity index (χ0) is 17.8. The van der Waals surface area contributed by atoms with Crippen LogP contribution in [0.1, 0.15) is 31.8 Å². The second-order valence-electron chi connectivity index (χ2n) is 5.78. The second kappa shape index (κ2) is 7.01. The minimum absolute atomic E-state index is 0.289. The minimum atomic E-state index is -0.590. The summed E-state index contributed by atoms with van der Waals surface area (Å²) in [4.78, 5) is 23.8. The number of rotatable bonds is 5. The van der Waals surface area contributed by atoms with Crippen LogP contribution in [0.2, 0.25) is 0 Å². The van der Waals surface area contributed by atoms with E-state index in [-0.39, 0.29) is 11.1 Å². The van der Waals surface area contributed by atoms with Gasteiger partial charge in [-0.3, -0.25) is 9.59 Å². The van der Waals surface area contributed by atoms with Crippen molar-refractivity contribution < 1.29 is 9.59 Å². The van der Waals surface area contributed by atoms with Crippen molar-refractivity contribution in [1.82, 2.24) is 0 Å². The van der Waals surface area contributed by atoms with Gasteiger partial charge in [-0.15, -0.1) is 0 Å². The van der Waals surface area contributed by atoms with Crippen LogP contribution in [0.4, 0.5) is 0 Å². The normalized spacial score (nSPS) is 10.4. The molecular formula is C21H18N2O2. The average molecular weight is 330 g/mol. The molecule has 0 saturated heterocycles. The smallest absolute Gasteiger partial charge is 0.249 e. The summed E-state index contributed by atoms with van der Waals surface area (Å²) in [5, 5.41) is 0. The molecule has 3 aromatic carbocycles. The molecule has 0 aliphatic heterocycles. The molecule has 4 N–H and O–H groups in total. The van der Waals surface area contributed by atoms with Gasteiger partial charge in [0.2, 0.25) is 11.8 Å². The second-order valence-corrected chi connectivity index (χ2v) is 5.78. The quantitative estimate of drug-likeness (QED) is 0.753. The Balaban J connectivity index is 2.21. The van der Waals surface area contributed by atoms with Gasteiger partial charge < -0.3 is 11.5 Å². The third-order valence-electron chi connectivity index (χ3n) is 4.12. The van der Waals surface area contributed by atoms with Crippen LogP contribution in [0.5, 0.6) is 0 Å². The van der Waals surface area contributed by atoms with Crippen LogP contribution in [-0.2, 0) is 6.42 Å². The number of nitrogens with two attached hydrogens (primary N) is 2. The average Bonchev–Trinajstić information content (AvgIpc) is 2.62. The highest BCUT2D eigenvalue weighted by molar-refractivity contribution is 6.08. The van der Waals surface area contributed by atoms with E-state index in [1.807, 2.05) is 54.6 Å². The highest BCUT2D eigenvalue weighted by atomic mass is 16.1. The number of hydrogen-bond donors (Lipinski definition) is 2. The SMILES string of the molecule is NC(=O)c1cccc(C(N)=O)c1-c1ccccc1Cc1ccccc1. The van der Waals surface area contributed by atoms with Crippen molar-refractivity contribution in [3.05, 3.63) is 95.1 Å². The summed E-state index contributed by atoms with van der Waals surface area (Å²) in [6.07, 6.45) is 0.669. The standard InChI is InChI=1S/C21H18N2O2/c22-20(24)17-11-6-12-18(21(23)25)19(17)16-10-5-4-9-15(16)13-14-7-2-1-3-8-14/h1-12H,13H2,(H2,22,24)(H2,23,25). The van der Waals surface area contributed by atoms with E-state index in [0.29, 0.717) is 12.0 Å². The third-order valence-corrected chi connectivity index (χ3v) is 4.12. The number of amides is 2. The summed E-state index contributed by atoms with van der Waals surface area (Å²) in [5.41, 5.74) is 15.0. The summed E-state index contributed by atoms with van der Waals surface area (Å²) in [6, 6.07) is 22.5. The fourth-order valence-electron chi connectivity index (χ4n) is 2.99. The molecule has 0 aliphatic carbocycles. The van der Waals surface area contributed by atoms with E-state index in [9.17, 15) is 9.59 Å². The number of benzene rings is 3. The van der Waals surface area contributed by atoms with E-state index in [1.54, 1.807) is 18.2 Å². The highest BCUT2D eigenvalue weighted by Gasteiger charge is 2.19. The number of primary amides is 2. The van der Waals surface area contributed by atoms with Gasteiger partial charge in [0, 0.05) is 16.7 Å². The Hall–Kier alpha value is -3.40. The molecule has 25 heavy (non-hydrogen) atoms. The molecule has 0 spiro atoms. The van der Waals surface area contributed by atoms with Crippen LogP contribution in [0.15, 0.2) is 72.8 Å². The zero-order valence-corrected chi connectivity index (χ0v) is 13.6. The maximum Gasteiger partial charge on any atom is 0.249 e. The van der Waals surface area contributed by atoms with E-state index in [1.165, 1.54) is 0 Å². The Labute approximate surface area is 146 Å². The van der Waals surface area contributed by atoms with Gasteiger partial charge in [-0.05, 0) is 35.2 Å². The van der Waals surface area contributed by atoms with Crippen molar-refractivity contribution in [2.45, 2.75) is 6.42 Å². The third kappa shape index (κ3) is 3.43. The molecule has 0 saturated carbocycles. The molecule has 0 radical (unpaired) electrons. The first-order chi connectivity index (χ1) is 12.1. The van der Waals surface area contributed by atoms with Gasteiger partial charge >= 0.3 is 0 Å². The largest absolute Gasteiger partial charge is 0.366 e. The summed E-state index contributed by atoms with van der Waals surface area (Å²) in [5.74, 6) is -1.18. The molecular weight excluding hydrogens is 312 g/mol. The maximum absolute atomic E-state index is 11.9. The van der Waals surface area contributed by atoms with Gasteiger partial charge in [-0.2, -0.15) is 0 Å². The topological polar surface area (TPSA) is 86.2 Å². The molecule has 0 aliphatic rings. The molecule has 0 bridgehead atoms. The first-order valence-corrected chi connectivity index (χ1v) is 7.92. The first kappa shape index (κ1) is 16.5. The molecule has 3 rings (SSSR count). The number of carbonyl (C=O) groups excluding carboxylic acids is 2. The molecule has 0 atom stereocenters. The van der Waals surface area contributed by atoms with Crippen LogP contribution < -0.4 is 11.5 Å². The van der Waals surface area contributed by atoms with Crippen LogP contribution >= 0.6 is 0 Å². The predicted octanol–water partition coefficient (Wildman–Crippen LogP) is 3.14. The van der Waals surface area contributed by atoms with E-state index < -0.39 is 11.8 Å². The van der Waals surface area contributed by atoms with E-state index in [4.69, 9.17) is 11.5 Å². The van der Waals surface area contributed by atoms with Crippen molar-refractivity contribution in [2.75, 3.05) is 0 Å². The van der Waals surface area contributed by atoms with Crippen molar-refractivity contribution in [1.29, 1.82) is 0 Å². The maximum atomic E-state index is 11.9. The predicted molar refractivity (Wildman–Crippen MR) is 98.2 cm³/mol. The minimum Gasteiger partial charge on any atom is -0.366 e. The van der Waals surface area contributed by atoms with E-state index in [0.717, 1.165) is 16.7 Å². The molecule has 0 aromatic heterocycles. The van der Waals surface area contributed by atoms with Crippen LogP contribution in [-0.4, -0.2) is 11.8 Å². The van der Waals surface area contributed by atoms with Gasteiger partial charge in [0.05, 0.1) is 0 Å². The Morgan fingerprint density at radius 1 is 0.680 bits per heavy atom. The molecule has 4 nitrogen and oxygen atoms in total.